The monoisotopic (exact) mass is 389 g/mol. The zero-order valence-electron chi connectivity index (χ0n) is 16.5. The first-order valence-corrected chi connectivity index (χ1v) is 9.93. The molecule has 1 aliphatic rings. The largest absolute Gasteiger partial charge is 0.465 e. The van der Waals surface area contributed by atoms with Gasteiger partial charge in [-0.3, -0.25) is 0 Å². The van der Waals surface area contributed by atoms with E-state index in [0.29, 0.717) is 5.56 Å². The van der Waals surface area contributed by atoms with Gasteiger partial charge in [0.05, 0.1) is 12.7 Å². The van der Waals surface area contributed by atoms with Crippen molar-refractivity contribution in [1.82, 2.24) is 5.32 Å². The molecular weight excluding hydrogens is 365 g/mol. The number of methoxy groups -OCH3 is 1. The number of nitrogens with one attached hydrogen (secondary N) is 1. The Labute approximate surface area is 170 Å². The molecule has 3 aromatic carbocycles. The lowest BCUT2D eigenvalue weighted by molar-refractivity contribution is 0.0600. The van der Waals surface area contributed by atoms with Gasteiger partial charge < -0.3 is 10.1 Å². The average molecular weight is 389 g/mol. The number of carbonyl (C=O) groups is 1. The van der Waals surface area contributed by atoms with Gasteiger partial charge in [-0.05, 0) is 71.3 Å². The van der Waals surface area contributed by atoms with E-state index < -0.39 is 0 Å². The molecule has 0 aliphatic heterocycles. The van der Waals surface area contributed by atoms with Crippen LogP contribution in [0.3, 0.4) is 0 Å². The predicted octanol–water partition coefficient (Wildman–Crippen LogP) is 5.45. The number of aryl methyl sites for hydroxylation is 1. The van der Waals surface area contributed by atoms with Crippen molar-refractivity contribution >= 4 is 5.97 Å². The standard InChI is InChI=1S/C25H24FNO2/c1-29-25(28)21-10-9-20-3-2-4-24(23(20)15-21)27-16-17-5-7-18(8-6-17)19-11-13-22(26)14-12-19/h5-15,24,27H,2-4,16H2,1H3. The summed E-state index contributed by atoms with van der Waals surface area (Å²) in [5, 5.41) is 3.64. The second kappa shape index (κ2) is 8.58. The van der Waals surface area contributed by atoms with Crippen LogP contribution in [0.25, 0.3) is 11.1 Å². The van der Waals surface area contributed by atoms with Crippen LogP contribution in [0.4, 0.5) is 4.39 Å². The van der Waals surface area contributed by atoms with E-state index in [4.69, 9.17) is 4.74 Å². The van der Waals surface area contributed by atoms with Gasteiger partial charge >= 0.3 is 5.97 Å². The third-order valence-electron chi connectivity index (χ3n) is 5.57. The molecule has 0 aromatic heterocycles. The van der Waals surface area contributed by atoms with Crippen molar-refractivity contribution in [2.24, 2.45) is 0 Å². The fourth-order valence-corrected chi connectivity index (χ4v) is 3.95. The van der Waals surface area contributed by atoms with Crippen LogP contribution in [-0.4, -0.2) is 13.1 Å². The van der Waals surface area contributed by atoms with Gasteiger partial charge in [0.1, 0.15) is 5.82 Å². The summed E-state index contributed by atoms with van der Waals surface area (Å²) >= 11 is 0. The Morgan fingerprint density at radius 2 is 1.72 bits per heavy atom. The van der Waals surface area contributed by atoms with Crippen LogP contribution in [0.2, 0.25) is 0 Å². The van der Waals surface area contributed by atoms with E-state index in [1.807, 2.05) is 18.2 Å². The Balaban J connectivity index is 1.46. The maximum atomic E-state index is 13.1. The number of esters is 1. The van der Waals surface area contributed by atoms with Gasteiger partial charge in [0.15, 0.2) is 0 Å². The number of hydrogen-bond donors (Lipinski definition) is 1. The average Bonchev–Trinajstić information content (AvgIpc) is 2.77. The van der Waals surface area contributed by atoms with Gasteiger partial charge in [-0.1, -0.05) is 42.5 Å². The minimum Gasteiger partial charge on any atom is -0.465 e. The molecule has 4 rings (SSSR count). The second-order valence-corrected chi connectivity index (χ2v) is 7.43. The molecule has 0 radical (unpaired) electrons. The van der Waals surface area contributed by atoms with Crippen LogP contribution >= 0.6 is 0 Å². The number of halogens is 1. The number of carbonyl (C=O) groups excluding carboxylic acids is 1. The molecule has 0 fully saturated rings. The molecule has 3 aromatic rings. The normalized spacial score (nSPS) is 15.6. The zero-order chi connectivity index (χ0) is 20.2. The smallest absolute Gasteiger partial charge is 0.337 e. The molecule has 0 amide bonds. The third kappa shape index (κ3) is 4.38. The van der Waals surface area contributed by atoms with Crippen LogP contribution in [0.15, 0.2) is 66.7 Å². The first-order chi connectivity index (χ1) is 14.1. The fourth-order valence-electron chi connectivity index (χ4n) is 3.95. The van der Waals surface area contributed by atoms with Crippen molar-refractivity contribution in [1.29, 1.82) is 0 Å². The number of rotatable bonds is 5. The van der Waals surface area contributed by atoms with Crippen molar-refractivity contribution in [2.75, 3.05) is 7.11 Å². The van der Waals surface area contributed by atoms with E-state index in [9.17, 15) is 9.18 Å². The molecule has 3 nitrogen and oxygen atoms in total. The van der Waals surface area contributed by atoms with Crippen LogP contribution < -0.4 is 5.32 Å². The van der Waals surface area contributed by atoms with Crippen molar-refractivity contribution in [3.05, 3.63) is 94.8 Å². The first-order valence-electron chi connectivity index (χ1n) is 9.93. The Morgan fingerprint density at radius 3 is 2.41 bits per heavy atom. The quantitative estimate of drug-likeness (QED) is 0.590. The number of fused-ring (bicyclic) bond motifs is 1. The lowest BCUT2D eigenvalue weighted by Gasteiger charge is -2.27. The van der Waals surface area contributed by atoms with Gasteiger partial charge in [0, 0.05) is 12.6 Å². The van der Waals surface area contributed by atoms with Gasteiger partial charge in [-0.2, -0.15) is 0 Å². The van der Waals surface area contributed by atoms with Crippen molar-refractivity contribution in [3.8, 4) is 11.1 Å². The van der Waals surface area contributed by atoms with Crippen LogP contribution in [0, 0.1) is 5.82 Å². The highest BCUT2D eigenvalue weighted by atomic mass is 19.1. The Bertz CT molecular complexity index is 996. The third-order valence-corrected chi connectivity index (χ3v) is 5.57. The maximum absolute atomic E-state index is 13.1. The molecule has 0 saturated heterocycles. The zero-order valence-corrected chi connectivity index (χ0v) is 16.5. The Morgan fingerprint density at radius 1 is 1.03 bits per heavy atom. The molecular formula is C25H24FNO2. The topological polar surface area (TPSA) is 38.3 Å². The molecule has 0 saturated carbocycles. The van der Waals surface area contributed by atoms with E-state index in [0.717, 1.165) is 36.9 Å². The summed E-state index contributed by atoms with van der Waals surface area (Å²) in [5.41, 5.74) is 6.35. The summed E-state index contributed by atoms with van der Waals surface area (Å²) in [6.07, 6.45) is 3.22. The van der Waals surface area contributed by atoms with E-state index in [1.54, 1.807) is 12.1 Å². The van der Waals surface area contributed by atoms with Crippen molar-refractivity contribution < 1.29 is 13.9 Å². The van der Waals surface area contributed by atoms with Gasteiger partial charge in [-0.25, -0.2) is 9.18 Å². The maximum Gasteiger partial charge on any atom is 0.337 e. The molecule has 1 N–H and O–H groups in total. The van der Waals surface area contributed by atoms with Crippen LogP contribution in [-0.2, 0) is 17.7 Å². The van der Waals surface area contributed by atoms with E-state index in [1.165, 1.54) is 35.9 Å². The number of ether oxygens (including phenoxy) is 1. The highest BCUT2D eigenvalue weighted by Gasteiger charge is 2.21. The predicted molar refractivity (Wildman–Crippen MR) is 112 cm³/mol. The molecule has 4 heteroatoms. The summed E-state index contributed by atoms with van der Waals surface area (Å²) in [7, 11) is 1.41. The van der Waals surface area contributed by atoms with Gasteiger partial charge in [0.25, 0.3) is 0 Å². The molecule has 148 valence electrons. The molecule has 0 bridgehead atoms. The van der Waals surface area contributed by atoms with Gasteiger partial charge in [-0.15, -0.1) is 0 Å². The molecule has 1 unspecified atom stereocenters. The van der Waals surface area contributed by atoms with E-state index >= 15 is 0 Å². The molecule has 1 aliphatic carbocycles. The van der Waals surface area contributed by atoms with E-state index in [2.05, 4.69) is 29.6 Å². The highest BCUT2D eigenvalue weighted by molar-refractivity contribution is 5.89. The Hall–Kier alpha value is -2.98. The van der Waals surface area contributed by atoms with Crippen molar-refractivity contribution in [3.63, 3.8) is 0 Å². The SMILES string of the molecule is COC(=O)c1ccc2c(c1)C(NCc1ccc(-c3ccc(F)cc3)cc1)CCC2. The second-order valence-electron chi connectivity index (χ2n) is 7.43. The molecule has 0 spiro atoms. The molecule has 29 heavy (non-hydrogen) atoms. The van der Waals surface area contributed by atoms with Crippen LogP contribution in [0.1, 0.15) is 45.9 Å². The Kier molecular flexibility index (Phi) is 5.72. The van der Waals surface area contributed by atoms with E-state index in [-0.39, 0.29) is 17.8 Å². The van der Waals surface area contributed by atoms with Gasteiger partial charge in [0.2, 0.25) is 0 Å². The van der Waals surface area contributed by atoms with Crippen molar-refractivity contribution in [2.45, 2.75) is 31.8 Å². The molecule has 0 heterocycles. The molecule has 1 atom stereocenters. The van der Waals surface area contributed by atoms with Crippen LogP contribution in [0.5, 0.6) is 0 Å². The highest BCUT2D eigenvalue weighted by Crippen LogP contribution is 2.31. The lowest BCUT2D eigenvalue weighted by Crippen LogP contribution is -2.25. The summed E-state index contributed by atoms with van der Waals surface area (Å²) in [4.78, 5) is 11.9. The lowest BCUT2D eigenvalue weighted by atomic mass is 9.86. The summed E-state index contributed by atoms with van der Waals surface area (Å²) in [6, 6.07) is 21.0. The first kappa shape index (κ1) is 19.3. The number of benzene rings is 3. The minimum absolute atomic E-state index is 0.222. The summed E-state index contributed by atoms with van der Waals surface area (Å²) in [5.74, 6) is -0.522. The minimum atomic E-state index is -0.298. The number of hydrogen-bond acceptors (Lipinski definition) is 3. The fraction of sp³-hybridized carbons (Fsp3) is 0.240. The summed E-state index contributed by atoms with van der Waals surface area (Å²) < 4.78 is 18.0. The summed E-state index contributed by atoms with van der Waals surface area (Å²) in [6.45, 7) is 0.746.